The number of hydrogen-bond donors (Lipinski definition) is 1. The van der Waals surface area contributed by atoms with Crippen molar-refractivity contribution in [2.45, 2.75) is 6.61 Å². The van der Waals surface area contributed by atoms with Crippen molar-refractivity contribution in [2.24, 2.45) is 0 Å². The van der Waals surface area contributed by atoms with Crippen LogP contribution >= 0.6 is 11.3 Å². The Morgan fingerprint density at radius 1 is 1.50 bits per heavy atom. The zero-order valence-electron chi connectivity index (χ0n) is 7.58. The summed E-state index contributed by atoms with van der Waals surface area (Å²) in [4.78, 5) is 0. The van der Waals surface area contributed by atoms with Crippen LogP contribution in [0.25, 0.3) is 10.1 Å². The second-order valence-corrected chi connectivity index (χ2v) is 3.85. The molecule has 1 heterocycles. The van der Waals surface area contributed by atoms with Gasteiger partial charge in [0.1, 0.15) is 5.75 Å². The number of fused-ring (bicyclic) bond motifs is 1. The molecule has 0 aliphatic heterocycles. The van der Waals surface area contributed by atoms with Crippen molar-refractivity contribution in [3.05, 3.63) is 28.9 Å². The Labute approximate surface area is 84.6 Å². The first-order chi connectivity index (χ1) is 6.77. The van der Waals surface area contributed by atoms with Gasteiger partial charge in [-0.1, -0.05) is 6.07 Å². The molecule has 2 rings (SSSR count). The van der Waals surface area contributed by atoms with Crippen molar-refractivity contribution in [3.8, 4) is 5.75 Å². The summed E-state index contributed by atoms with van der Waals surface area (Å²) < 4.78 is 19.2. The molecule has 0 fully saturated rings. The number of benzene rings is 1. The smallest absolute Gasteiger partial charge is 0.183 e. The standard InChI is InChI=1S/C10H9FO2S/c1-13-7-3-2-4-8-9(7)6(5-12)10(11)14-8/h2-4,12H,5H2,1H3. The Morgan fingerprint density at radius 3 is 2.93 bits per heavy atom. The molecule has 0 bridgehead atoms. The lowest BCUT2D eigenvalue weighted by molar-refractivity contribution is 0.278. The number of ether oxygens (including phenoxy) is 1. The highest BCUT2D eigenvalue weighted by Gasteiger charge is 2.14. The Kier molecular flexibility index (Phi) is 2.39. The minimum Gasteiger partial charge on any atom is -0.496 e. The van der Waals surface area contributed by atoms with E-state index < -0.39 is 0 Å². The van der Waals surface area contributed by atoms with E-state index in [0.717, 1.165) is 16.0 Å². The van der Waals surface area contributed by atoms with Gasteiger partial charge in [-0.15, -0.1) is 11.3 Å². The molecule has 0 saturated carbocycles. The summed E-state index contributed by atoms with van der Waals surface area (Å²) in [5.41, 5.74) is 0.322. The van der Waals surface area contributed by atoms with E-state index in [1.165, 1.54) is 7.11 Å². The van der Waals surface area contributed by atoms with Gasteiger partial charge in [0.15, 0.2) is 5.13 Å². The largest absolute Gasteiger partial charge is 0.496 e. The molecule has 0 spiro atoms. The fourth-order valence-electron chi connectivity index (χ4n) is 1.46. The van der Waals surface area contributed by atoms with Crippen LogP contribution in [0.1, 0.15) is 5.56 Å². The second kappa shape index (κ2) is 3.55. The number of aliphatic hydroxyl groups excluding tert-OH is 1. The topological polar surface area (TPSA) is 29.5 Å². The quantitative estimate of drug-likeness (QED) is 0.829. The van der Waals surface area contributed by atoms with Crippen molar-refractivity contribution in [2.75, 3.05) is 7.11 Å². The average molecular weight is 212 g/mol. The second-order valence-electron chi connectivity index (χ2n) is 2.85. The number of aliphatic hydroxyl groups is 1. The van der Waals surface area contributed by atoms with Crippen molar-refractivity contribution >= 4 is 21.4 Å². The van der Waals surface area contributed by atoms with Gasteiger partial charge in [0, 0.05) is 15.6 Å². The zero-order chi connectivity index (χ0) is 10.1. The van der Waals surface area contributed by atoms with Crippen LogP contribution in [0.3, 0.4) is 0 Å². The molecular weight excluding hydrogens is 203 g/mol. The van der Waals surface area contributed by atoms with Crippen LogP contribution in [-0.4, -0.2) is 12.2 Å². The number of rotatable bonds is 2. The summed E-state index contributed by atoms with van der Waals surface area (Å²) in [5.74, 6) is 0.603. The first-order valence-corrected chi connectivity index (χ1v) is 4.94. The zero-order valence-corrected chi connectivity index (χ0v) is 8.40. The van der Waals surface area contributed by atoms with Crippen LogP contribution in [-0.2, 0) is 6.61 Å². The molecule has 0 atom stereocenters. The van der Waals surface area contributed by atoms with E-state index in [-0.39, 0.29) is 11.7 Å². The van der Waals surface area contributed by atoms with Gasteiger partial charge in [-0.3, -0.25) is 0 Å². The van der Waals surface area contributed by atoms with Gasteiger partial charge in [0.05, 0.1) is 13.7 Å². The van der Waals surface area contributed by atoms with Gasteiger partial charge < -0.3 is 9.84 Å². The molecule has 2 aromatic rings. The van der Waals surface area contributed by atoms with Crippen LogP contribution in [0.4, 0.5) is 4.39 Å². The Morgan fingerprint density at radius 2 is 2.29 bits per heavy atom. The number of methoxy groups -OCH3 is 1. The summed E-state index contributed by atoms with van der Waals surface area (Å²) in [6.07, 6.45) is 0. The lowest BCUT2D eigenvalue weighted by Crippen LogP contribution is -1.88. The molecule has 0 radical (unpaired) electrons. The third-order valence-electron chi connectivity index (χ3n) is 2.10. The van der Waals surface area contributed by atoms with E-state index in [9.17, 15) is 4.39 Å². The molecule has 4 heteroatoms. The molecule has 1 N–H and O–H groups in total. The first-order valence-electron chi connectivity index (χ1n) is 4.12. The van der Waals surface area contributed by atoms with Gasteiger partial charge in [-0.05, 0) is 12.1 Å². The van der Waals surface area contributed by atoms with Gasteiger partial charge in [-0.25, -0.2) is 0 Å². The summed E-state index contributed by atoms with van der Waals surface area (Å²) in [6.45, 7) is -0.299. The lowest BCUT2D eigenvalue weighted by atomic mass is 10.1. The summed E-state index contributed by atoms with van der Waals surface area (Å²) in [7, 11) is 1.53. The average Bonchev–Trinajstić information content (AvgIpc) is 2.52. The summed E-state index contributed by atoms with van der Waals surface area (Å²) in [5, 5.41) is 9.38. The number of halogens is 1. The predicted molar refractivity (Wildman–Crippen MR) is 54.3 cm³/mol. The van der Waals surface area contributed by atoms with Crippen LogP contribution in [0.2, 0.25) is 0 Å². The van der Waals surface area contributed by atoms with E-state index in [4.69, 9.17) is 9.84 Å². The van der Waals surface area contributed by atoms with E-state index in [1.54, 1.807) is 12.1 Å². The minimum atomic E-state index is -0.341. The summed E-state index contributed by atoms with van der Waals surface area (Å²) in [6, 6.07) is 5.37. The van der Waals surface area contributed by atoms with Crippen LogP contribution in [0.5, 0.6) is 5.75 Å². The van der Waals surface area contributed by atoms with Crippen molar-refractivity contribution in [1.82, 2.24) is 0 Å². The molecule has 2 nitrogen and oxygen atoms in total. The predicted octanol–water partition coefficient (Wildman–Crippen LogP) is 2.54. The van der Waals surface area contributed by atoms with Crippen LogP contribution in [0.15, 0.2) is 18.2 Å². The van der Waals surface area contributed by atoms with E-state index in [1.807, 2.05) is 6.07 Å². The molecule has 0 aliphatic carbocycles. The summed E-state index contributed by atoms with van der Waals surface area (Å²) >= 11 is 1.03. The molecule has 1 aromatic heterocycles. The SMILES string of the molecule is COc1cccc2sc(F)c(CO)c12. The van der Waals surface area contributed by atoms with Gasteiger partial charge in [0.2, 0.25) is 0 Å². The molecule has 0 amide bonds. The normalized spacial score (nSPS) is 10.8. The highest BCUT2D eigenvalue weighted by molar-refractivity contribution is 7.17. The molecule has 1 aromatic carbocycles. The maximum atomic E-state index is 13.3. The highest BCUT2D eigenvalue weighted by Crippen LogP contribution is 2.36. The number of hydrogen-bond acceptors (Lipinski definition) is 3. The molecular formula is C10H9FO2S. The van der Waals surface area contributed by atoms with Crippen LogP contribution in [0, 0.1) is 5.13 Å². The highest BCUT2D eigenvalue weighted by atomic mass is 32.1. The Bertz CT molecular complexity index is 464. The third-order valence-corrected chi connectivity index (χ3v) is 3.09. The lowest BCUT2D eigenvalue weighted by Gasteiger charge is -2.02. The van der Waals surface area contributed by atoms with Gasteiger partial charge in [0.25, 0.3) is 0 Å². The Hall–Kier alpha value is -1.13. The fourth-order valence-corrected chi connectivity index (χ4v) is 2.42. The van der Waals surface area contributed by atoms with E-state index >= 15 is 0 Å². The maximum Gasteiger partial charge on any atom is 0.183 e. The van der Waals surface area contributed by atoms with E-state index in [2.05, 4.69) is 0 Å². The van der Waals surface area contributed by atoms with Crippen molar-refractivity contribution in [3.63, 3.8) is 0 Å². The molecule has 74 valence electrons. The van der Waals surface area contributed by atoms with E-state index in [0.29, 0.717) is 16.7 Å². The maximum absolute atomic E-state index is 13.3. The van der Waals surface area contributed by atoms with Gasteiger partial charge in [-0.2, -0.15) is 4.39 Å². The van der Waals surface area contributed by atoms with Crippen molar-refractivity contribution in [1.29, 1.82) is 0 Å². The van der Waals surface area contributed by atoms with Crippen molar-refractivity contribution < 1.29 is 14.2 Å². The third kappa shape index (κ3) is 1.27. The monoisotopic (exact) mass is 212 g/mol. The molecule has 0 aliphatic rings. The minimum absolute atomic E-state index is 0.299. The first kappa shape index (κ1) is 9.43. The molecule has 0 saturated heterocycles. The Balaban J connectivity index is 2.82. The molecule has 0 unspecified atom stereocenters. The number of thiophene rings is 1. The fraction of sp³-hybridized carbons (Fsp3) is 0.200. The molecule has 14 heavy (non-hydrogen) atoms. The van der Waals surface area contributed by atoms with Crippen LogP contribution < -0.4 is 4.74 Å². The van der Waals surface area contributed by atoms with Gasteiger partial charge >= 0.3 is 0 Å².